The van der Waals surface area contributed by atoms with Gasteiger partial charge in [0.1, 0.15) is 0 Å². The molecule has 0 spiro atoms. The van der Waals surface area contributed by atoms with Gasteiger partial charge in [-0.1, -0.05) is 92.1 Å². The van der Waals surface area contributed by atoms with Gasteiger partial charge in [0.05, 0.1) is 8.07 Å². The summed E-state index contributed by atoms with van der Waals surface area (Å²) >= 11 is 0. The molecule has 1 aliphatic heterocycles. The lowest BCUT2D eigenvalue weighted by molar-refractivity contribution is 0.686. The van der Waals surface area contributed by atoms with E-state index in [1.54, 1.807) is 5.19 Å². The number of rotatable bonds is 6. The van der Waals surface area contributed by atoms with Crippen molar-refractivity contribution in [2.75, 3.05) is 10.5 Å². The van der Waals surface area contributed by atoms with Gasteiger partial charge < -0.3 is 10.5 Å². The van der Waals surface area contributed by atoms with Gasteiger partial charge in [-0.15, -0.1) is 0 Å². The number of hydrogen-bond acceptors (Lipinski definition) is 2. The minimum absolute atomic E-state index is 0.305. The molecular formula is C24H29BN2Si. The summed E-state index contributed by atoms with van der Waals surface area (Å²) in [4.78, 5) is 0. The van der Waals surface area contributed by atoms with E-state index in [2.05, 4.69) is 90.3 Å². The zero-order chi connectivity index (χ0) is 19.1. The van der Waals surface area contributed by atoms with Crippen LogP contribution in [-0.2, 0) is 0 Å². The highest BCUT2D eigenvalue weighted by atomic mass is 28.3. The second kappa shape index (κ2) is 7.00. The summed E-state index contributed by atoms with van der Waals surface area (Å²) in [7, 11) is -1.55. The van der Waals surface area contributed by atoms with Gasteiger partial charge in [0, 0.05) is 16.8 Å². The van der Waals surface area contributed by atoms with E-state index in [4.69, 9.17) is 0 Å². The lowest BCUT2D eigenvalue weighted by Crippen LogP contribution is -2.49. The molecule has 142 valence electrons. The predicted octanol–water partition coefficient (Wildman–Crippen LogP) is 5.95. The van der Waals surface area contributed by atoms with Crippen LogP contribution in [0.15, 0.2) is 66.7 Å². The maximum absolute atomic E-state index is 3.82. The minimum Gasteiger partial charge on any atom is -0.409 e. The number of nitrogens with one attached hydrogen (secondary N) is 2. The molecule has 28 heavy (non-hydrogen) atoms. The molecule has 1 atom stereocenters. The fourth-order valence-corrected chi connectivity index (χ4v) is 8.21. The normalized spacial score (nSPS) is 17.1. The topological polar surface area (TPSA) is 24.1 Å². The van der Waals surface area contributed by atoms with Crippen LogP contribution in [0, 0.1) is 5.92 Å². The highest BCUT2D eigenvalue weighted by Gasteiger charge is 2.40. The van der Waals surface area contributed by atoms with Gasteiger partial charge in [-0.3, -0.25) is 0 Å². The highest BCUT2D eigenvalue weighted by molar-refractivity contribution is 6.92. The van der Waals surface area contributed by atoms with Crippen LogP contribution in [0.3, 0.4) is 0 Å². The van der Waals surface area contributed by atoms with Gasteiger partial charge >= 0.3 is 6.98 Å². The Balaban J connectivity index is 1.42. The second-order valence-corrected chi connectivity index (χ2v) is 14.1. The number of hydrogen-bond donors (Lipinski definition) is 2. The van der Waals surface area contributed by atoms with Gasteiger partial charge in [-0.05, 0) is 35.3 Å². The van der Waals surface area contributed by atoms with Crippen LogP contribution < -0.4 is 15.6 Å². The van der Waals surface area contributed by atoms with Crippen LogP contribution in [0.1, 0.15) is 19.3 Å². The smallest absolute Gasteiger partial charge is 0.370 e. The van der Waals surface area contributed by atoms with Crippen LogP contribution in [0.4, 0.5) is 11.4 Å². The SMILES string of the molecule is C[Si](C)(c1ccccc1)C(CB1Nc2cccc3cccc(c23)N1)CC1CC1. The van der Waals surface area contributed by atoms with Crippen molar-refractivity contribution in [1.29, 1.82) is 0 Å². The third-order valence-electron chi connectivity index (χ3n) is 6.94. The van der Waals surface area contributed by atoms with Crippen LogP contribution in [0.2, 0.25) is 25.0 Å². The number of anilines is 2. The van der Waals surface area contributed by atoms with Crippen molar-refractivity contribution >= 4 is 42.4 Å². The molecule has 1 fully saturated rings. The van der Waals surface area contributed by atoms with Crippen molar-refractivity contribution in [3.05, 3.63) is 66.7 Å². The summed E-state index contributed by atoms with van der Waals surface area (Å²) in [6.07, 6.45) is 5.45. The van der Waals surface area contributed by atoms with Crippen molar-refractivity contribution in [3.8, 4) is 0 Å². The summed E-state index contributed by atoms with van der Waals surface area (Å²) in [5.41, 5.74) is 3.33. The van der Waals surface area contributed by atoms with E-state index in [1.807, 2.05) is 0 Å². The molecule has 1 aliphatic carbocycles. The fraction of sp³-hybridized carbons (Fsp3) is 0.333. The van der Waals surface area contributed by atoms with Crippen molar-refractivity contribution in [2.24, 2.45) is 5.92 Å². The molecule has 2 N–H and O–H groups in total. The molecular weight excluding hydrogens is 355 g/mol. The van der Waals surface area contributed by atoms with Crippen LogP contribution >= 0.6 is 0 Å². The Bertz CT molecular complexity index is 944. The Kier molecular flexibility index (Phi) is 4.47. The average molecular weight is 384 g/mol. The first kappa shape index (κ1) is 17.9. The Morgan fingerprint density at radius 1 is 0.893 bits per heavy atom. The van der Waals surface area contributed by atoms with E-state index in [0.717, 1.165) is 11.5 Å². The monoisotopic (exact) mass is 384 g/mol. The average Bonchev–Trinajstić information content (AvgIpc) is 3.53. The molecule has 0 saturated heterocycles. The van der Waals surface area contributed by atoms with Gasteiger partial charge in [0.15, 0.2) is 0 Å². The molecule has 0 radical (unpaired) electrons. The molecule has 1 saturated carbocycles. The van der Waals surface area contributed by atoms with Gasteiger partial charge in [-0.2, -0.15) is 0 Å². The zero-order valence-electron chi connectivity index (χ0n) is 16.9. The lowest BCUT2D eigenvalue weighted by Gasteiger charge is -2.36. The molecule has 2 aliphatic rings. The summed E-state index contributed by atoms with van der Waals surface area (Å²) in [6.45, 7) is 5.46. The maximum Gasteiger partial charge on any atom is 0.370 e. The second-order valence-electron chi connectivity index (χ2n) is 9.25. The van der Waals surface area contributed by atoms with E-state index < -0.39 is 8.07 Å². The van der Waals surface area contributed by atoms with E-state index in [1.165, 1.54) is 47.7 Å². The molecule has 3 aromatic carbocycles. The Hall–Kier alpha value is -2.20. The Morgan fingerprint density at radius 3 is 2.14 bits per heavy atom. The summed E-state index contributed by atoms with van der Waals surface area (Å²) in [5, 5.41) is 11.9. The first-order valence-electron chi connectivity index (χ1n) is 10.7. The molecule has 2 nitrogen and oxygen atoms in total. The first-order valence-corrected chi connectivity index (χ1v) is 13.8. The van der Waals surface area contributed by atoms with Gasteiger partial charge in [0.2, 0.25) is 0 Å². The van der Waals surface area contributed by atoms with Crippen molar-refractivity contribution in [1.82, 2.24) is 0 Å². The van der Waals surface area contributed by atoms with E-state index in [0.29, 0.717) is 6.98 Å². The largest absolute Gasteiger partial charge is 0.409 e. The third-order valence-corrected chi connectivity index (χ3v) is 11.3. The van der Waals surface area contributed by atoms with Crippen LogP contribution in [0.25, 0.3) is 10.8 Å². The summed E-state index contributed by atoms with van der Waals surface area (Å²) < 4.78 is 0. The maximum atomic E-state index is 3.82. The van der Waals surface area contributed by atoms with Gasteiger partial charge in [-0.25, -0.2) is 0 Å². The third kappa shape index (κ3) is 3.35. The van der Waals surface area contributed by atoms with Crippen molar-refractivity contribution in [3.63, 3.8) is 0 Å². The number of benzene rings is 3. The molecule has 1 heterocycles. The standard InChI is InChI=1S/C24H29BN2Si/c1-28(2,20-10-4-3-5-11-20)21(16-18-14-15-18)17-25-26-22-12-6-8-19-9-7-13-23(27-25)24(19)22/h3-13,18,21,26-27H,14-17H2,1-2H3. The fourth-order valence-electron chi connectivity index (χ4n) is 4.94. The Morgan fingerprint density at radius 2 is 1.54 bits per heavy atom. The molecule has 4 heteroatoms. The highest BCUT2D eigenvalue weighted by Crippen LogP contribution is 2.44. The molecule has 0 aromatic heterocycles. The lowest BCUT2D eigenvalue weighted by atomic mass is 9.68. The molecule has 0 bridgehead atoms. The van der Waals surface area contributed by atoms with Crippen molar-refractivity contribution < 1.29 is 0 Å². The van der Waals surface area contributed by atoms with E-state index in [-0.39, 0.29) is 0 Å². The minimum atomic E-state index is -1.55. The quantitative estimate of drug-likeness (QED) is 0.513. The molecule has 1 unspecified atom stereocenters. The molecule has 5 rings (SSSR count). The predicted molar refractivity (Wildman–Crippen MR) is 126 cm³/mol. The zero-order valence-corrected chi connectivity index (χ0v) is 17.9. The van der Waals surface area contributed by atoms with E-state index >= 15 is 0 Å². The molecule has 0 amide bonds. The van der Waals surface area contributed by atoms with Crippen LogP contribution in [-0.4, -0.2) is 15.1 Å². The van der Waals surface area contributed by atoms with Crippen LogP contribution in [0.5, 0.6) is 0 Å². The molecule has 3 aromatic rings. The summed E-state index contributed by atoms with van der Waals surface area (Å²) in [5.74, 6) is 0.958. The van der Waals surface area contributed by atoms with Crippen molar-refractivity contribution in [2.45, 2.75) is 44.2 Å². The van der Waals surface area contributed by atoms with Gasteiger partial charge in [0.25, 0.3) is 0 Å². The first-order chi connectivity index (χ1) is 13.6. The Labute approximate surface area is 169 Å². The van der Waals surface area contributed by atoms with E-state index in [9.17, 15) is 0 Å². The summed E-state index contributed by atoms with van der Waals surface area (Å²) in [6, 6.07) is 24.5.